The molecule has 0 aromatic heterocycles. The molecule has 0 unspecified atom stereocenters. The number of amides is 1. The molecule has 1 aromatic rings. The lowest BCUT2D eigenvalue weighted by Gasteiger charge is -2.37. The van der Waals surface area contributed by atoms with Gasteiger partial charge in [0.2, 0.25) is 15.9 Å². The first-order chi connectivity index (χ1) is 14.4. The highest BCUT2D eigenvalue weighted by molar-refractivity contribution is 7.89. The van der Waals surface area contributed by atoms with Crippen LogP contribution in [0.3, 0.4) is 0 Å². The first-order valence-corrected chi connectivity index (χ1v) is 12.1. The van der Waals surface area contributed by atoms with Gasteiger partial charge in [-0.15, -0.1) is 0 Å². The minimum absolute atomic E-state index is 0.00482. The molecule has 2 aliphatic rings. The minimum Gasteiger partial charge on any atom is -0.394 e. The van der Waals surface area contributed by atoms with Crippen molar-refractivity contribution in [2.75, 3.05) is 26.4 Å². The number of aliphatic hydroxyl groups is 1. The summed E-state index contributed by atoms with van der Waals surface area (Å²) in [7, 11) is -3.57. The average molecular weight is 441 g/mol. The Balaban J connectivity index is 1.47. The second-order valence-electron chi connectivity index (χ2n) is 8.01. The molecule has 0 spiro atoms. The number of sulfonamides is 1. The van der Waals surface area contributed by atoms with E-state index in [1.54, 1.807) is 31.2 Å². The summed E-state index contributed by atoms with van der Waals surface area (Å²) in [4.78, 5) is 12.7. The maximum absolute atomic E-state index is 12.5. The Morgan fingerprint density at radius 1 is 1.17 bits per heavy atom. The Bertz CT molecular complexity index is 809. The van der Waals surface area contributed by atoms with E-state index in [1.165, 1.54) is 0 Å². The lowest BCUT2D eigenvalue weighted by molar-refractivity contribution is -0.134. The van der Waals surface area contributed by atoms with Gasteiger partial charge in [0.05, 0.1) is 23.6 Å². The predicted molar refractivity (Wildman–Crippen MR) is 111 cm³/mol. The maximum atomic E-state index is 12.5. The highest BCUT2D eigenvalue weighted by Gasteiger charge is 2.33. The second kappa shape index (κ2) is 10.7. The summed E-state index contributed by atoms with van der Waals surface area (Å²) >= 11 is 0. The van der Waals surface area contributed by atoms with Crippen LogP contribution >= 0.6 is 0 Å². The zero-order valence-electron chi connectivity index (χ0n) is 17.4. The lowest BCUT2D eigenvalue weighted by Crippen LogP contribution is -2.52. The van der Waals surface area contributed by atoms with Gasteiger partial charge < -0.3 is 19.9 Å². The lowest BCUT2D eigenvalue weighted by atomic mass is 9.94. The quantitative estimate of drug-likeness (QED) is 0.558. The summed E-state index contributed by atoms with van der Waals surface area (Å²) in [5.41, 5.74) is 0.697. The Morgan fingerprint density at radius 2 is 1.90 bits per heavy atom. The van der Waals surface area contributed by atoms with Gasteiger partial charge in [-0.05, 0) is 50.7 Å². The average Bonchev–Trinajstić information content (AvgIpc) is 2.75. The molecular weight excluding hydrogens is 408 g/mol. The van der Waals surface area contributed by atoms with Crippen molar-refractivity contribution in [1.29, 1.82) is 0 Å². The molecule has 0 aliphatic carbocycles. The van der Waals surface area contributed by atoms with Gasteiger partial charge in [0.25, 0.3) is 0 Å². The highest BCUT2D eigenvalue weighted by atomic mass is 32.2. The Morgan fingerprint density at radius 3 is 2.60 bits per heavy atom. The van der Waals surface area contributed by atoms with Crippen LogP contribution in [0.5, 0.6) is 0 Å². The summed E-state index contributed by atoms with van der Waals surface area (Å²) in [5, 5.41) is 12.8. The topological polar surface area (TPSA) is 114 Å². The van der Waals surface area contributed by atoms with Crippen LogP contribution < -0.4 is 10.0 Å². The number of carbonyl (C=O) groups excluding carboxylic acids is 1. The Hall–Kier alpha value is -1.52. The zero-order chi connectivity index (χ0) is 21.6. The molecule has 8 nitrogen and oxygen atoms in total. The molecule has 1 amide bonds. The van der Waals surface area contributed by atoms with Gasteiger partial charge in [0.15, 0.2) is 0 Å². The summed E-state index contributed by atoms with van der Waals surface area (Å²) in [6.07, 6.45) is 2.66. The molecule has 3 N–H and O–H groups in total. The van der Waals surface area contributed by atoms with E-state index in [2.05, 4.69) is 10.0 Å². The molecule has 2 heterocycles. The number of hydrogen-bond donors (Lipinski definition) is 3. The van der Waals surface area contributed by atoms with Gasteiger partial charge in [-0.2, -0.15) is 0 Å². The van der Waals surface area contributed by atoms with Crippen LogP contribution in [0, 0.1) is 12.8 Å². The molecule has 0 bridgehead atoms. The number of ether oxygens (including phenoxy) is 2. The molecular formula is C21H32N2O6S. The third kappa shape index (κ3) is 6.01. The minimum atomic E-state index is -3.57. The van der Waals surface area contributed by atoms with Crippen LogP contribution in [0.2, 0.25) is 0 Å². The maximum Gasteiger partial charge on any atom is 0.240 e. The fourth-order valence-corrected chi connectivity index (χ4v) is 5.35. The number of benzene rings is 1. The second-order valence-corrected chi connectivity index (χ2v) is 9.75. The molecule has 2 fully saturated rings. The fraction of sp³-hybridized carbons (Fsp3) is 0.667. The molecule has 168 valence electrons. The van der Waals surface area contributed by atoms with Crippen LogP contribution in [-0.2, 0) is 24.3 Å². The third-order valence-electron chi connectivity index (χ3n) is 5.86. The first kappa shape index (κ1) is 23.1. The van der Waals surface area contributed by atoms with E-state index in [-0.39, 0.29) is 42.0 Å². The smallest absolute Gasteiger partial charge is 0.240 e. The van der Waals surface area contributed by atoms with Gasteiger partial charge in [-0.1, -0.05) is 18.2 Å². The molecule has 2 saturated heterocycles. The molecule has 1 aromatic carbocycles. The predicted octanol–water partition coefficient (Wildman–Crippen LogP) is 1.11. The number of nitrogens with one attached hydrogen (secondary N) is 2. The Labute approximate surface area is 178 Å². The van der Waals surface area contributed by atoms with Crippen molar-refractivity contribution in [3.63, 3.8) is 0 Å². The van der Waals surface area contributed by atoms with Crippen LogP contribution in [0.1, 0.15) is 37.7 Å². The van der Waals surface area contributed by atoms with E-state index in [9.17, 15) is 18.3 Å². The van der Waals surface area contributed by atoms with Crippen molar-refractivity contribution < 1.29 is 27.8 Å². The van der Waals surface area contributed by atoms with Crippen LogP contribution in [0.15, 0.2) is 29.2 Å². The van der Waals surface area contributed by atoms with Crippen molar-refractivity contribution in [1.82, 2.24) is 10.0 Å². The summed E-state index contributed by atoms with van der Waals surface area (Å²) in [6.45, 7) is 3.02. The monoisotopic (exact) mass is 440 g/mol. The molecule has 0 saturated carbocycles. The molecule has 3 atom stereocenters. The van der Waals surface area contributed by atoms with Gasteiger partial charge >= 0.3 is 0 Å². The number of hydrogen-bond acceptors (Lipinski definition) is 6. The van der Waals surface area contributed by atoms with Crippen molar-refractivity contribution in [3.05, 3.63) is 29.8 Å². The van der Waals surface area contributed by atoms with E-state index in [1.807, 2.05) is 0 Å². The van der Waals surface area contributed by atoms with Crippen LogP contribution in [0.25, 0.3) is 0 Å². The standard InChI is InChI=1S/C21H32N2O6S/c1-15-4-2-3-5-20(15)30(26,27)22-11-8-17-6-7-18(19(14-24)29-17)23-21(25)16-9-12-28-13-10-16/h2-5,16-19,22,24H,6-14H2,1H3,(H,23,25)/t17-,18+,19-/m1/s1. The van der Waals surface area contributed by atoms with Gasteiger partial charge in [0, 0.05) is 25.7 Å². The molecule has 2 aliphatic heterocycles. The van der Waals surface area contributed by atoms with Gasteiger partial charge in [0.1, 0.15) is 6.10 Å². The van der Waals surface area contributed by atoms with Crippen molar-refractivity contribution in [2.45, 2.75) is 62.2 Å². The third-order valence-corrected chi connectivity index (χ3v) is 7.48. The van der Waals surface area contributed by atoms with Crippen molar-refractivity contribution in [2.24, 2.45) is 5.92 Å². The largest absolute Gasteiger partial charge is 0.394 e. The van der Waals surface area contributed by atoms with Gasteiger partial charge in [-0.3, -0.25) is 4.79 Å². The van der Waals surface area contributed by atoms with Crippen molar-refractivity contribution in [3.8, 4) is 0 Å². The normalized spacial score (nSPS) is 25.7. The summed E-state index contributed by atoms with van der Waals surface area (Å²) < 4.78 is 38.9. The van der Waals surface area contributed by atoms with Crippen LogP contribution in [-0.4, -0.2) is 64.0 Å². The summed E-state index contributed by atoms with van der Waals surface area (Å²) in [5.74, 6) is -0.0542. The highest BCUT2D eigenvalue weighted by Crippen LogP contribution is 2.23. The van der Waals surface area contributed by atoms with Crippen molar-refractivity contribution >= 4 is 15.9 Å². The van der Waals surface area contributed by atoms with E-state index in [0.29, 0.717) is 50.9 Å². The molecule has 3 rings (SSSR count). The van der Waals surface area contributed by atoms with E-state index >= 15 is 0 Å². The zero-order valence-corrected chi connectivity index (χ0v) is 18.2. The van der Waals surface area contributed by atoms with E-state index in [0.717, 1.165) is 0 Å². The number of rotatable bonds is 8. The van der Waals surface area contributed by atoms with E-state index < -0.39 is 16.1 Å². The van der Waals surface area contributed by atoms with E-state index in [4.69, 9.17) is 9.47 Å². The van der Waals surface area contributed by atoms with Crippen LogP contribution in [0.4, 0.5) is 0 Å². The molecule has 9 heteroatoms. The first-order valence-electron chi connectivity index (χ1n) is 10.6. The number of carbonyl (C=O) groups is 1. The van der Waals surface area contributed by atoms with Gasteiger partial charge in [-0.25, -0.2) is 13.1 Å². The summed E-state index contributed by atoms with van der Waals surface area (Å²) in [6, 6.07) is 6.62. The molecule has 0 radical (unpaired) electrons. The number of aliphatic hydroxyl groups excluding tert-OH is 1. The molecule has 30 heavy (non-hydrogen) atoms. The SMILES string of the molecule is Cc1ccccc1S(=O)(=O)NCC[C@H]1CC[C@H](NC(=O)C2CCOCC2)[C@@H](CO)O1. The fourth-order valence-electron chi connectivity index (χ4n) is 4.06. The Kier molecular flexibility index (Phi) is 8.24. The number of aryl methyl sites for hydroxylation is 1.